The molecule has 13 heteroatoms. The van der Waals surface area contributed by atoms with E-state index >= 15 is 0 Å². The Hall–Kier alpha value is -4.09. The van der Waals surface area contributed by atoms with Gasteiger partial charge in [0, 0.05) is 21.9 Å². The summed E-state index contributed by atoms with van der Waals surface area (Å²) in [7, 11) is 0. The maximum Gasteiger partial charge on any atom is 0.387 e. The van der Waals surface area contributed by atoms with Crippen LogP contribution in [0.1, 0.15) is 37.9 Å². The molecule has 0 radical (unpaired) electrons. The summed E-state index contributed by atoms with van der Waals surface area (Å²) in [5.74, 6) is -1.81. The van der Waals surface area contributed by atoms with E-state index < -0.39 is 37.0 Å². The number of hydrogen-bond donors (Lipinski definition) is 2. The second kappa shape index (κ2) is 13.9. The summed E-state index contributed by atoms with van der Waals surface area (Å²) >= 11 is 12.8. The van der Waals surface area contributed by atoms with Gasteiger partial charge in [-0.3, -0.25) is 9.36 Å². The van der Waals surface area contributed by atoms with Crippen molar-refractivity contribution in [1.29, 1.82) is 0 Å². The van der Waals surface area contributed by atoms with Crippen LogP contribution in [-0.2, 0) is 16.1 Å². The van der Waals surface area contributed by atoms with Gasteiger partial charge in [0.15, 0.2) is 11.5 Å². The predicted molar refractivity (Wildman–Crippen MR) is 158 cm³/mol. The summed E-state index contributed by atoms with van der Waals surface area (Å²) in [4.78, 5) is 24.5. The van der Waals surface area contributed by atoms with Crippen LogP contribution < -0.4 is 9.47 Å². The van der Waals surface area contributed by atoms with Crippen molar-refractivity contribution in [2.75, 3.05) is 6.61 Å². The Labute approximate surface area is 255 Å². The first-order valence-corrected chi connectivity index (χ1v) is 13.9. The van der Waals surface area contributed by atoms with Gasteiger partial charge in [-0.2, -0.15) is 8.78 Å². The number of ether oxygens (including phenoxy) is 3. The van der Waals surface area contributed by atoms with Gasteiger partial charge in [0.05, 0.1) is 12.0 Å². The van der Waals surface area contributed by atoms with Crippen molar-refractivity contribution >= 4 is 45.6 Å². The fourth-order valence-electron chi connectivity index (χ4n) is 4.44. The molecule has 0 spiro atoms. The van der Waals surface area contributed by atoms with Crippen LogP contribution in [0.2, 0.25) is 0 Å². The topological polar surface area (TPSA) is 120 Å². The molecule has 1 aliphatic carbocycles. The van der Waals surface area contributed by atoms with Crippen molar-refractivity contribution in [2.45, 2.75) is 45.4 Å². The normalized spacial score (nSPS) is 14.8. The number of carbonyl (C=O) groups excluding carboxylic acids is 1. The van der Waals surface area contributed by atoms with Gasteiger partial charge < -0.3 is 24.4 Å². The average molecular weight is 637 g/mol. The number of nitrogens with zero attached hydrogens (tertiary/aromatic N) is 2. The van der Waals surface area contributed by atoms with Crippen LogP contribution in [-0.4, -0.2) is 34.0 Å². The minimum absolute atomic E-state index is 0.0315. The van der Waals surface area contributed by atoms with Crippen LogP contribution in [0, 0.1) is 10.8 Å². The van der Waals surface area contributed by atoms with E-state index in [1.165, 1.54) is 42.5 Å². The number of nitroso groups, excluding NO2 is 1. The average Bonchev–Trinajstić information content (AvgIpc) is 3.80. The van der Waals surface area contributed by atoms with E-state index in [4.69, 9.17) is 32.7 Å². The first-order chi connectivity index (χ1) is 20.6. The van der Waals surface area contributed by atoms with Gasteiger partial charge in [-0.25, -0.2) is 0 Å². The molecular formula is C30H28Cl2F2N2O7. The number of alkyl halides is 2. The Morgan fingerprint density at radius 1 is 1.19 bits per heavy atom. The summed E-state index contributed by atoms with van der Waals surface area (Å²) in [6.07, 6.45) is 3.70. The van der Waals surface area contributed by atoms with Crippen LogP contribution in [0.5, 0.6) is 23.3 Å². The zero-order chi connectivity index (χ0) is 31.3. The molecule has 1 heterocycles. The van der Waals surface area contributed by atoms with E-state index in [1.54, 1.807) is 13.0 Å². The molecule has 2 N–H and O–H groups in total. The Bertz CT molecular complexity index is 1600. The van der Waals surface area contributed by atoms with E-state index in [0.717, 1.165) is 17.4 Å². The molecule has 1 saturated carbocycles. The lowest BCUT2D eigenvalue weighted by Crippen LogP contribution is -2.18. The number of hydrogen-bond acceptors (Lipinski definition) is 8. The number of rotatable bonds is 14. The molecule has 1 fully saturated rings. The molecule has 0 bridgehead atoms. The van der Waals surface area contributed by atoms with Gasteiger partial charge >= 0.3 is 12.6 Å². The monoisotopic (exact) mass is 636 g/mol. The highest BCUT2D eigenvalue weighted by atomic mass is 35.5. The number of fused-ring (bicyclic) bond motifs is 1. The molecule has 3 aromatic rings. The number of aromatic nitrogens is 1. The zero-order valence-electron chi connectivity index (χ0n) is 22.9. The molecule has 228 valence electrons. The Balaban J connectivity index is 1.71. The molecule has 0 amide bonds. The number of esters is 1. The number of allylic oxidation sites excluding steroid dienone is 4. The van der Waals surface area contributed by atoms with E-state index in [1.807, 2.05) is 0 Å². The largest absolute Gasteiger partial charge is 0.494 e. The molecule has 9 nitrogen and oxygen atoms in total. The minimum Gasteiger partial charge on any atom is -0.494 e. The van der Waals surface area contributed by atoms with E-state index in [0.29, 0.717) is 23.7 Å². The highest BCUT2D eigenvalue weighted by Crippen LogP contribution is 2.42. The van der Waals surface area contributed by atoms with Crippen molar-refractivity contribution in [2.24, 2.45) is 11.1 Å². The number of halogens is 4. The van der Waals surface area contributed by atoms with Gasteiger partial charge in [-0.05, 0) is 66.3 Å². The second-order valence-corrected chi connectivity index (χ2v) is 10.5. The summed E-state index contributed by atoms with van der Waals surface area (Å²) in [6.45, 7) is 1.89. The zero-order valence-corrected chi connectivity index (χ0v) is 24.4. The van der Waals surface area contributed by atoms with Crippen LogP contribution in [0.4, 0.5) is 14.5 Å². The molecule has 0 unspecified atom stereocenters. The van der Waals surface area contributed by atoms with Crippen molar-refractivity contribution in [1.82, 2.24) is 4.57 Å². The fourth-order valence-corrected chi connectivity index (χ4v) is 4.84. The van der Waals surface area contributed by atoms with Gasteiger partial charge in [-0.1, -0.05) is 54.1 Å². The van der Waals surface area contributed by atoms with E-state index in [2.05, 4.69) is 16.5 Å². The maximum atomic E-state index is 13.3. The summed E-state index contributed by atoms with van der Waals surface area (Å²) < 4.78 is 43.3. The predicted octanol–water partition coefficient (Wildman–Crippen LogP) is 8.34. The molecule has 1 aromatic heterocycles. The number of aromatic hydroxyl groups is 2. The quantitative estimate of drug-likeness (QED) is 0.104. The summed E-state index contributed by atoms with van der Waals surface area (Å²) in [5, 5.41) is 24.8. The van der Waals surface area contributed by atoms with Gasteiger partial charge in [-0.15, -0.1) is 4.91 Å². The van der Waals surface area contributed by atoms with Crippen LogP contribution in [0.3, 0.4) is 0 Å². The van der Waals surface area contributed by atoms with Crippen LogP contribution >= 0.6 is 23.2 Å². The molecule has 1 aliphatic rings. The molecule has 2 aromatic carbocycles. The lowest BCUT2D eigenvalue weighted by Gasteiger charge is -2.22. The lowest BCUT2D eigenvalue weighted by molar-refractivity contribution is -0.150. The Morgan fingerprint density at radius 2 is 1.93 bits per heavy atom. The van der Waals surface area contributed by atoms with Gasteiger partial charge in [0.25, 0.3) is 0 Å². The molecule has 0 aliphatic heterocycles. The third-order valence-electron chi connectivity index (χ3n) is 6.80. The second-order valence-electron chi connectivity index (χ2n) is 9.71. The molecule has 43 heavy (non-hydrogen) atoms. The molecule has 1 atom stereocenters. The van der Waals surface area contributed by atoms with Crippen molar-refractivity contribution in [3.8, 4) is 23.3 Å². The summed E-state index contributed by atoms with van der Waals surface area (Å²) in [6, 6.07) is 8.41. The van der Waals surface area contributed by atoms with E-state index in [-0.39, 0.29) is 44.4 Å². The SMILES string of the molecule is C=C/C(Cl)=C(C[C@H](OC(=O)Cn1c(O)c2cccc(N=O)c2c1O)c1ccc(OC(F)F)c(OCC2CC2)c1)\C(Cl)=C/C. The first kappa shape index (κ1) is 31.8. The number of benzene rings is 2. The van der Waals surface area contributed by atoms with Crippen LogP contribution in [0.15, 0.2) is 75.9 Å². The number of carbonyl (C=O) groups is 1. The highest BCUT2D eigenvalue weighted by molar-refractivity contribution is 6.36. The Morgan fingerprint density at radius 3 is 2.56 bits per heavy atom. The minimum atomic E-state index is -3.09. The third-order valence-corrected chi connectivity index (χ3v) is 7.63. The Kier molecular flexibility index (Phi) is 10.3. The summed E-state index contributed by atoms with van der Waals surface area (Å²) in [5.41, 5.74) is 0.590. The van der Waals surface area contributed by atoms with Crippen LogP contribution in [0.25, 0.3) is 10.8 Å². The van der Waals surface area contributed by atoms with E-state index in [9.17, 15) is 28.7 Å². The van der Waals surface area contributed by atoms with Gasteiger partial charge in [0.2, 0.25) is 11.8 Å². The first-order valence-electron chi connectivity index (χ1n) is 13.2. The highest BCUT2D eigenvalue weighted by Gasteiger charge is 2.27. The van der Waals surface area contributed by atoms with Crippen molar-refractivity contribution in [3.63, 3.8) is 0 Å². The van der Waals surface area contributed by atoms with Crippen molar-refractivity contribution in [3.05, 3.63) is 81.2 Å². The molecule has 0 saturated heterocycles. The standard InChI is InChI=1S/C30H28Cl2F2N2O7/c1-3-20(31)19(21(32)4-2)13-24(17-10-11-23(43-30(33)34)25(12-17)41-15-16-8-9-16)42-26(37)14-36-28(38)18-6-5-7-22(35-40)27(18)29(36)39/h3-7,10-12,16,24,30,38-39H,1,8-9,13-15H2,2H3/b20-19+,21-4+/t24-/m0/s1. The molecular weight excluding hydrogens is 609 g/mol. The molecule has 4 rings (SSSR count). The van der Waals surface area contributed by atoms with Gasteiger partial charge in [0.1, 0.15) is 18.3 Å². The lowest BCUT2D eigenvalue weighted by atomic mass is 9.99. The van der Waals surface area contributed by atoms with Crippen molar-refractivity contribution < 1.29 is 38.0 Å². The fraction of sp³-hybridized carbons (Fsp3) is 0.300. The smallest absolute Gasteiger partial charge is 0.387 e. The third kappa shape index (κ3) is 7.47. The maximum absolute atomic E-state index is 13.3.